The van der Waals surface area contributed by atoms with E-state index in [-0.39, 0.29) is 30.8 Å². The van der Waals surface area contributed by atoms with Crippen LogP contribution in [0.5, 0.6) is 0 Å². The molecule has 1 aliphatic carbocycles. The molecule has 2 aromatic carbocycles. The molecule has 1 saturated heterocycles. The van der Waals surface area contributed by atoms with Gasteiger partial charge in [-0.15, -0.1) is 0 Å². The van der Waals surface area contributed by atoms with Crippen molar-refractivity contribution in [2.24, 2.45) is 5.92 Å². The monoisotopic (exact) mass is 364 g/mol. The Kier molecular flexibility index (Phi) is 4.94. The van der Waals surface area contributed by atoms with Gasteiger partial charge in [-0.1, -0.05) is 30.3 Å². The number of amides is 2. The standard InChI is InChI=1S/C22H24N2O3/c25-14-18-5-2-1-4-17(18)12-23-22(27)19-11-21(26)24(13-19)20-9-8-15-6-3-7-16(15)10-20/h1-2,4-5,8-10,19,25H,3,6-7,11-14H2,(H,23,27)/t19-/m0/s1. The van der Waals surface area contributed by atoms with Gasteiger partial charge in [-0.05, 0) is 53.6 Å². The van der Waals surface area contributed by atoms with Gasteiger partial charge >= 0.3 is 0 Å². The van der Waals surface area contributed by atoms with Crippen LogP contribution in [-0.4, -0.2) is 23.5 Å². The van der Waals surface area contributed by atoms with Crippen LogP contribution in [0.1, 0.15) is 35.1 Å². The highest BCUT2D eigenvalue weighted by atomic mass is 16.3. The van der Waals surface area contributed by atoms with Gasteiger partial charge in [-0.3, -0.25) is 9.59 Å². The first kappa shape index (κ1) is 17.7. The predicted molar refractivity (Wildman–Crippen MR) is 103 cm³/mol. The molecule has 0 aromatic heterocycles. The number of nitrogens with one attached hydrogen (secondary N) is 1. The molecule has 1 fully saturated rings. The normalized spacial score (nSPS) is 18.6. The van der Waals surface area contributed by atoms with E-state index < -0.39 is 0 Å². The largest absolute Gasteiger partial charge is 0.392 e. The smallest absolute Gasteiger partial charge is 0.227 e. The minimum absolute atomic E-state index is 0.00357. The number of carbonyl (C=O) groups excluding carboxylic acids is 2. The highest BCUT2D eigenvalue weighted by molar-refractivity contribution is 6.00. The van der Waals surface area contributed by atoms with Crippen LogP contribution < -0.4 is 10.2 Å². The molecule has 2 N–H and O–H groups in total. The van der Waals surface area contributed by atoms with E-state index in [9.17, 15) is 14.7 Å². The van der Waals surface area contributed by atoms with Crippen LogP contribution in [0.4, 0.5) is 5.69 Å². The molecule has 1 heterocycles. The zero-order valence-corrected chi connectivity index (χ0v) is 15.3. The highest BCUT2D eigenvalue weighted by Gasteiger charge is 2.35. The average molecular weight is 364 g/mol. The van der Waals surface area contributed by atoms with E-state index in [2.05, 4.69) is 17.4 Å². The molecule has 27 heavy (non-hydrogen) atoms. The first-order chi connectivity index (χ1) is 13.2. The molecule has 0 radical (unpaired) electrons. The van der Waals surface area contributed by atoms with E-state index in [1.807, 2.05) is 30.3 Å². The van der Waals surface area contributed by atoms with Crippen molar-refractivity contribution in [3.63, 3.8) is 0 Å². The fourth-order valence-corrected chi connectivity index (χ4v) is 4.07. The summed E-state index contributed by atoms with van der Waals surface area (Å²) in [6.07, 6.45) is 3.60. The van der Waals surface area contributed by atoms with Crippen molar-refractivity contribution < 1.29 is 14.7 Å². The Hall–Kier alpha value is -2.66. The average Bonchev–Trinajstić information content (AvgIpc) is 3.32. The second-order valence-corrected chi connectivity index (χ2v) is 7.36. The van der Waals surface area contributed by atoms with Gasteiger partial charge in [0.25, 0.3) is 0 Å². The number of hydrogen-bond donors (Lipinski definition) is 2. The third-order valence-corrected chi connectivity index (χ3v) is 5.63. The lowest BCUT2D eigenvalue weighted by molar-refractivity contribution is -0.126. The van der Waals surface area contributed by atoms with E-state index in [1.165, 1.54) is 17.5 Å². The van der Waals surface area contributed by atoms with Gasteiger partial charge < -0.3 is 15.3 Å². The van der Waals surface area contributed by atoms with Gasteiger partial charge in [-0.25, -0.2) is 0 Å². The molecular formula is C22H24N2O3. The second kappa shape index (κ2) is 7.53. The molecular weight excluding hydrogens is 340 g/mol. The molecule has 5 nitrogen and oxygen atoms in total. The van der Waals surface area contributed by atoms with E-state index in [0.29, 0.717) is 13.1 Å². The summed E-state index contributed by atoms with van der Waals surface area (Å²) in [5.41, 5.74) is 5.31. The molecule has 0 saturated carbocycles. The Labute approximate surface area is 159 Å². The number of aryl methyl sites for hydroxylation is 2. The molecule has 2 aromatic rings. The number of rotatable bonds is 5. The van der Waals surface area contributed by atoms with Crippen molar-refractivity contribution >= 4 is 17.5 Å². The summed E-state index contributed by atoms with van der Waals surface area (Å²) in [6.45, 7) is 0.726. The zero-order chi connectivity index (χ0) is 18.8. The fraction of sp³-hybridized carbons (Fsp3) is 0.364. The van der Waals surface area contributed by atoms with Crippen LogP contribution >= 0.6 is 0 Å². The van der Waals surface area contributed by atoms with Gasteiger partial charge in [0, 0.05) is 25.2 Å². The third-order valence-electron chi connectivity index (χ3n) is 5.63. The number of hydrogen-bond acceptors (Lipinski definition) is 3. The number of benzene rings is 2. The van der Waals surface area contributed by atoms with Crippen LogP contribution in [0.15, 0.2) is 42.5 Å². The number of aliphatic hydroxyl groups excluding tert-OH is 1. The number of anilines is 1. The number of fused-ring (bicyclic) bond motifs is 1. The minimum atomic E-state index is -0.341. The van der Waals surface area contributed by atoms with Crippen molar-refractivity contribution in [1.29, 1.82) is 0 Å². The lowest BCUT2D eigenvalue weighted by Gasteiger charge is -2.18. The summed E-state index contributed by atoms with van der Waals surface area (Å²) < 4.78 is 0. The lowest BCUT2D eigenvalue weighted by Crippen LogP contribution is -2.32. The predicted octanol–water partition coefficient (Wildman–Crippen LogP) is 2.34. The Bertz CT molecular complexity index is 878. The Morgan fingerprint density at radius 1 is 1.11 bits per heavy atom. The lowest BCUT2D eigenvalue weighted by atomic mass is 10.1. The van der Waals surface area contributed by atoms with Crippen LogP contribution in [0.25, 0.3) is 0 Å². The molecule has 5 heteroatoms. The van der Waals surface area contributed by atoms with Crippen molar-refractivity contribution in [2.75, 3.05) is 11.4 Å². The van der Waals surface area contributed by atoms with Gasteiger partial charge in [-0.2, -0.15) is 0 Å². The molecule has 4 rings (SSSR count). The highest BCUT2D eigenvalue weighted by Crippen LogP contribution is 2.30. The quantitative estimate of drug-likeness (QED) is 0.856. The summed E-state index contributed by atoms with van der Waals surface area (Å²) in [5, 5.41) is 12.3. The van der Waals surface area contributed by atoms with Gasteiger partial charge in [0.05, 0.1) is 12.5 Å². The molecule has 1 aliphatic heterocycles. The molecule has 0 spiro atoms. The third kappa shape index (κ3) is 3.60. The first-order valence-electron chi connectivity index (χ1n) is 9.53. The Morgan fingerprint density at radius 3 is 2.70 bits per heavy atom. The first-order valence-corrected chi connectivity index (χ1v) is 9.53. The van der Waals surface area contributed by atoms with Crippen LogP contribution in [0, 0.1) is 5.92 Å². The van der Waals surface area contributed by atoms with Crippen LogP contribution in [0.3, 0.4) is 0 Å². The summed E-state index contributed by atoms with van der Waals surface area (Å²) in [7, 11) is 0. The minimum Gasteiger partial charge on any atom is -0.392 e. The van der Waals surface area contributed by atoms with Crippen molar-refractivity contribution in [2.45, 2.75) is 38.8 Å². The van der Waals surface area contributed by atoms with E-state index in [0.717, 1.165) is 29.7 Å². The summed E-state index contributed by atoms with van der Waals surface area (Å²) in [4.78, 5) is 26.8. The molecule has 140 valence electrons. The van der Waals surface area contributed by atoms with Crippen molar-refractivity contribution in [1.82, 2.24) is 5.32 Å². The SMILES string of the molecule is O=C(NCc1ccccc1CO)[C@H]1CC(=O)N(c2ccc3c(c2)CCC3)C1. The van der Waals surface area contributed by atoms with Gasteiger partial charge in [0.15, 0.2) is 0 Å². The van der Waals surface area contributed by atoms with Crippen molar-refractivity contribution in [3.8, 4) is 0 Å². The summed E-state index contributed by atoms with van der Waals surface area (Å²) in [5.74, 6) is -0.448. The molecule has 1 atom stereocenters. The maximum atomic E-state index is 12.6. The maximum absolute atomic E-state index is 12.6. The maximum Gasteiger partial charge on any atom is 0.227 e. The van der Waals surface area contributed by atoms with E-state index >= 15 is 0 Å². The Balaban J connectivity index is 1.40. The Morgan fingerprint density at radius 2 is 1.89 bits per heavy atom. The molecule has 2 aliphatic rings. The number of aliphatic hydroxyl groups is 1. The number of carbonyl (C=O) groups is 2. The van der Waals surface area contributed by atoms with E-state index in [1.54, 1.807) is 4.90 Å². The second-order valence-electron chi connectivity index (χ2n) is 7.36. The summed E-state index contributed by atoms with van der Waals surface area (Å²) >= 11 is 0. The molecule has 2 amide bonds. The molecule has 0 bridgehead atoms. The summed E-state index contributed by atoms with van der Waals surface area (Å²) in [6, 6.07) is 13.7. The zero-order valence-electron chi connectivity index (χ0n) is 15.3. The number of nitrogens with zero attached hydrogens (tertiary/aromatic N) is 1. The topological polar surface area (TPSA) is 69.6 Å². The van der Waals surface area contributed by atoms with Gasteiger partial charge in [0.2, 0.25) is 11.8 Å². The molecule has 0 unspecified atom stereocenters. The fourth-order valence-electron chi connectivity index (χ4n) is 4.07. The van der Waals surface area contributed by atoms with Crippen LogP contribution in [0.2, 0.25) is 0 Å². The van der Waals surface area contributed by atoms with Crippen molar-refractivity contribution in [3.05, 3.63) is 64.7 Å². The van der Waals surface area contributed by atoms with Crippen LogP contribution in [-0.2, 0) is 35.6 Å². The van der Waals surface area contributed by atoms with Gasteiger partial charge in [0.1, 0.15) is 0 Å². The van der Waals surface area contributed by atoms with E-state index in [4.69, 9.17) is 0 Å².